The number of carbonyl (C=O) groups is 1. The van der Waals surface area contributed by atoms with E-state index in [1.165, 1.54) is 42.7 Å². The third-order valence-electron chi connectivity index (χ3n) is 4.52. The molecule has 1 aromatic heterocycles. The van der Waals surface area contributed by atoms with Gasteiger partial charge in [-0.2, -0.15) is 0 Å². The minimum Gasteiger partial charge on any atom is -0.493 e. The quantitative estimate of drug-likeness (QED) is 0.490. The van der Waals surface area contributed by atoms with Gasteiger partial charge in [-0.1, -0.05) is 17.7 Å². The number of benzene rings is 2. The number of carbonyl (C=O) groups excluding carboxylic acids is 1. The van der Waals surface area contributed by atoms with Crippen LogP contribution in [0.3, 0.4) is 0 Å². The van der Waals surface area contributed by atoms with Crippen LogP contribution in [0.1, 0.15) is 15.9 Å². The van der Waals surface area contributed by atoms with Crippen LogP contribution in [0.4, 0.5) is 5.69 Å². The van der Waals surface area contributed by atoms with Crippen molar-refractivity contribution in [3.8, 4) is 11.5 Å². The van der Waals surface area contributed by atoms with E-state index in [1.54, 1.807) is 20.3 Å². The van der Waals surface area contributed by atoms with E-state index in [4.69, 9.17) is 21.1 Å². The van der Waals surface area contributed by atoms with Gasteiger partial charge in [0.1, 0.15) is 0 Å². The lowest BCUT2D eigenvalue weighted by Gasteiger charge is -2.11. The molecule has 8 nitrogen and oxygen atoms in total. The summed E-state index contributed by atoms with van der Waals surface area (Å²) < 4.78 is 37.9. The number of rotatable bonds is 9. The molecular formula is C22H22ClN3O5S. The number of hydrogen-bond donors (Lipinski definition) is 2. The Labute approximate surface area is 191 Å². The molecule has 0 saturated heterocycles. The van der Waals surface area contributed by atoms with Crippen molar-refractivity contribution in [2.45, 2.75) is 11.3 Å². The molecule has 32 heavy (non-hydrogen) atoms. The van der Waals surface area contributed by atoms with E-state index in [2.05, 4.69) is 15.0 Å². The Morgan fingerprint density at radius 1 is 1.00 bits per heavy atom. The van der Waals surface area contributed by atoms with E-state index in [0.717, 1.165) is 5.56 Å². The summed E-state index contributed by atoms with van der Waals surface area (Å²) in [5, 5.41) is 3.23. The number of ether oxygens (including phenoxy) is 2. The third-order valence-corrected chi connectivity index (χ3v) is 6.17. The Balaban J connectivity index is 1.62. The Morgan fingerprint density at radius 3 is 2.41 bits per heavy atom. The molecule has 1 amide bonds. The zero-order valence-corrected chi connectivity index (χ0v) is 19.0. The van der Waals surface area contributed by atoms with Crippen LogP contribution in [0.15, 0.2) is 65.8 Å². The number of nitrogens with zero attached hydrogens (tertiary/aromatic N) is 1. The van der Waals surface area contributed by atoms with Gasteiger partial charge in [-0.15, -0.1) is 0 Å². The second-order valence-electron chi connectivity index (χ2n) is 6.72. The smallest absolute Gasteiger partial charge is 0.261 e. The highest BCUT2D eigenvalue weighted by molar-refractivity contribution is 7.92. The standard InChI is InChI=1S/C22H22ClN3O5S/c1-30-20-8-3-15(11-21(20)31-2)9-10-25-22(27)16-12-18(14-24-13-16)26-32(28,29)19-6-4-17(23)5-7-19/h3-8,11-14,26H,9-10H2,1-2H3,(H,25,27). The average molecular weight is 476 g/mol. The molecule has 0 aliphatic heterocycles. The predicted molar refractivity (Wildman–Crippen MR) is 122 cm³/mol. The summed E-state index contributed by atoms with van der Waals surface area (Å²) in [6.07, 6.45) is 3.27. The average Bonchev–Trinajstić information content (AvgIpc) is 2.79. The van der Waals surface area contributed by atoms with Crippen LogP contribution in [0.5, 0.6) is 11.5 Å². The highest BCUT2D eigenvalue weighted by Crippen LogP contribution is 2.27. The van der Waals surface area contributed by atoms with Crippen LogP contribution >= 0.6 is 11.6 Å². The Morgan fingerprint density at radius 2 is 1.72 bits per heavy atom. The maximum atomic E-state index is 12.5. The van der Waals surface area contributed by atoms with Crippen LogP contribution < -0.4 is 19.5 Å². The summed E-state index contributed by atoms with van der Waals surface area (Å²) in [5.74, 6) is 0.871. The van der Waals surface area contributed by atoms with Crippen LogP contribution in [0.25, 0.3) is 0 Å². The molecular weight excluding hydrogens is 454 g/mol. The fraction of sp³-hybridized carbons (Fsp3) is 0.182. The molecule has 1 heterocycles. The van der Waals surface area contributed by atoms with Gasteiger partial charge in [-0.25, -0.2) is 8.42 Å². The molecule has 0 bridgehead atoms. The minimum atomic E-state index is -3.84. The number of anilines is 1. The summed E-state index contributed by atoms with van der Waals surface area (Å²) in [7, 11) is -0.715. The SMILES string of the molecule is COc1ccc(CCNC(=O)c2cncc(NS(=O)(=O)c3ccc(Cl)cc3)c2)cc1OC. The molecule has 0 aliphatic rings. The molecule has 0 radical (unpaired) electrons. The maximum absolute atomic E-state index is 12.5. The van der Waals surface area contributed by atoms with E-state index < -0.39 is 10.0 Å². The van der Waals surface area contributed by atoms with Crippen molar-refractivity contribution in [1.29, 1.82) is 0 Å². The number of nitrogens with one attached hydrogen (secondary N) is 2. The van der Waals surface area contributed by atoms with Gasteiger partial charge in [0.2, 0.25) is 0 Å². The van der Waals surface area contributed by atoms with E-state index in [9.17, 15) is 13.2 Å². The van der Waals surface area contributed by atoms with E-state index in [1.807, 2.05) is 12.1 Å². The third kappa shape index (κ3) is 5.89. The Hall–Kier alpha value is -3.30. The van der Waals surface area contributed by atoms with Crippen LogP contribution in [-0.4, -0.2) is 40.1 Å². The van der Waals surface area contributed by atoms with Gasteiger partial charge in [0.15, 0.2) is 11.5 Å². The number of aromatic nitrogens is 1. The highest BCUT2D eigenvalue weighted by atomic mass is 35.5. The predicted octanol–water partition coefficient (Wildman–Crippen LogP) is 3.53. The molecule has 168 valence electrons. The summed E-state index contributed by atoms with van der Waals surface area (Å²) in [6.45, 7) is 0.370. The van der Waals surface area contributed by atoms with Gasteiger partial charge in [-0.3, -0.25) is 14.5 Å². The summed E-state index contributed by atoms with van der Waals surface area (Å²) >= 11 is 5.81. The molecule has 0 aliphatic carbocycles. The maximum Gasteiger partial charge on any atom is 0.261 e. The first-order chi connectivity index (χ1) is 15.3. The molecule has 0 saturated carbocycles. The lowest BCUT2D eigenvalue weighted by atomic mass is 10.1. The molecule has 10 heteroatoms. The normalized spacial score (nSPS) is 11.0. The van der Waals surface area contributed by atoms with Crippen molar-refractivity contribution in [2.75, 3.05) is 25.5 Å². The summed E-state index contributed by atoms with van der Waals surface area (Å²) in [5.41, 5.74) is 1.37. The molecule has 0 unspecified atom stereocenters. The van der Waals surface area contributed by atoms with Crippen molar-refractivity contribution >= 4 is 33.2 Å². The van der Waals surface area contributed by atoms with E-state index >= 15 is 0 Å². The van der Waals surface area contributed by atoms with Gasteiger partial charge >= 0.3 is 0 Å². The number of hydrogen-bond acceptors (Lipinski definition) is 6. The fourth-order valence-corrected chi connectivity index (χ4v) is 4.07. The lowest BCUT2D eigenvalue weighted by Crippen LogP contribution is -2.26. The zero-order chi connectivity index (χ0) is 23.1. The molecule has 3 aromatic rings. The van der Waals surface area contributed by atoms with Crippen LogP contribution in [0, 0.1) is 0 Å². The van der Waals surface area contributed by atoms with Gasteiger partial charge in [-0.05, 0) is 54.4 Å². The fourth-order valence-electron chi connectivity index (χ4n) is 2.91. The second-order valence-corrected chi connectivity index (χ2v) is 8.84. The Bertz CT molecular complexity index is 1200. The first-order valence-electron chi connectivity index (χ1n) is 9.55. The number of halogens is 1. The largest absolute Gasteiger partial charge is 0.493 e. The minimum absolute atomic E-state index is 0.0478. The molecule has 0 spiro atoms. The monoisotopic (exact) mass is 475 g/mol. The molecule has 0 atom stereocenters. The lowest BCUT2D eigenvalue weighted by molar-refractivity contribution is 0.0954. The van der Waals surface area contributed by atoms with Gasteiger partial charge in [0.05, 0.1) is 36.6 Å². The van der Waals surface area contributed by atoms with Crippen molar-refractivity contribution in [2.24, 2.45) is 0 Å². The van der Waals surface area contributed by atoms with Crippen LogP contribution in [-0.2, 0) is 16.4 Å². The number of pyridine rings is 1. The summed E-state index contributed by atoms with van der Waals surface area (Å²) in [4.78, 5) is 16.5. The molecule has 2 N–H and O–H groups in total. The van der Waals surface area contributed by atoms with Crippen molar-refractivity contribution in [3.63, 3.8) is 0 Å². The number of methoxy groups -OCH3 is 2. The van der Waals surface area contributed by atoms with Gasteiger partial charge in [0, 0.05) is 17.8 Å². The highest BCUT2D eigenvalue weighted by Gasteiger charge is 2.15. The zero-order valence-electron chi connectivity index (χ0n) is 17.5. The topological polar surface area (TPSA) is 107 Å². The number of amides is 1. The molecule has 2 aromatic carbocycles. The van der Waals surface area contributed by atoms with E-state index in [0.29, 0.717) is 29.5 Å². The van der Waals surface area contributed by atoms with Gasteiger partial charge < -0.3 is 14.8 Å². The second kappa shape index (κ2) is 10.3. The summed E-state index contributed by atoms with van der Waals surface area (Å²) in [6, 6.07) is 12.7. The Kier molecular flexibility index (Phi) is 7.55. The number of sulfonamides is 1. The molecule has 3 rings (SSSR count). The van der Waals surface area contributed by atoms with E-state index in [-0.39, 0.29) is 22.1 Å². The molecule has 0 fully saturated rings. The van der Waals surface area contributed by atoms with Crippen molar-refractivity contribution in [1.82, 2.24) is 10.3 Å². The van der Waals surface area contributed by atoms with Gasteiger partial charge in [0.25, 0.3) is 15.9 Å². The van der Waals surface area contributed by atoms with Crippen molar-refractivity contribution in [3.05, 3.63) is 77.1 Å². The first-order valence-corrected chi connectivity index (χ1v) is 11.4. The van der Waals surface area contributed by atoms with Crippen molar-refractivity contribution < 1.29 is 22.7 Å². The van der Waals surface area contributed by atoms with Crippen LogP contribution in [0.2, 0.25) is 5.02 Å². The first kappa shape index (κ1) is 23.4.